The SMILES string of the molecule is Cc1cc(C)c(NC(=O)C[NH+]2CC[C@@H]3CCCC[C@@H]3C2)c(Cl)c1. The van der Waals surface area contributed by atoms with E-state index in [0.29, 0.717) is 11.6 Å². The normalized spacial score (nSPS) is 27.3. The van der Waals surface area contributed by atoms with Crippen LogP contribution in [-0.4, -0.2) is 25.5 Å². The molecule has 3 rings (SSSR count). The van der Waals surface area contributed by atoms with Crippen molar-refractivity contribution < 1.29 is 9.69 Å². The van der Waals surface area contributed by atoms with Crippen LogP contribution in [0.25, 0.3) is 0 Å². The van der Waals surface area contributed by atoms with Crippen LogP contribution in [0, 0.1) is 25.7 Å². The van der Waals surface area contributed by atoms with Gasteiger partial charge in [-0.15, -0.1) is 0 Å². The zero-order chi connectivity index (χ0) is 16.4. The van der Waals surface area contributed by atoms with Gasteiger partial charge in [-0.05, 0) is 56.2 Å². The Hall–Kier alpha value is -1.06. The predicted molar refractivity (Wildman–Crippen MR) is 95.2 cm³/mol. The van der Waals surface area contributed by atoms with Gasteiger partial charge in [-0.2, -0.15) is 0 Å². The average molecular weight is 336 g/mol. The summed E-state index contributed by atoms with van der Waals surface area (Å²) in [6.45, 7) is 6.87. The van der Waals surface area contributed by atoms with Gasteiger partial charge in [0.05, 0.1) is 23.8 Å². The molecule has 4 heteroatoms. The summed E-state index contributed by atoms with van der Waals surface area (Å²) in [4.78, 5) is 13.9. The van der Waals surface area contributed by atoms with Crippen molar-refractivity contribution in [3.05, 3.63) is 28.3 Å². The van der Waals surface area contributed by atoms with E-state index in [-0.39, 0.29) is 5.91 Å². The molecule has 23 heavy (non-hydrogen) atoms. The second-order valence-corrected chi connectivity index (χ2v) is 7.87. The number of hydrogen-bond acceptors (Lipinski definition) is 1. The number of likely N-dealkylation sites (tertiary alicyclic amines) is 1. The van der Waals surface area contributed by atoms with E-state index in [1.54, 1.807) is 0 Å². The highest BCUT2D eigenvalue weighted by molar-refractivity contribution is 6.34. The number of quaternary nitrogens is 1. The van der Waals surface area contributed by atoms with Crippen molar-refractivity contribution in [1.29, 1.82) is 0 Å². The number of benzene rings is 1. The molecule has 126 valence electrons. The minimum absolute atomic E-state index is 0.0862. The first kappa shape index (κ1) is 16.8. The highest BCUT2D eigenvalue weighted by atomic mass is 35.5. The first-order valence-corrected chi connectivity index (χ1v) is 9.31. The molecule has 3 nitrogen and oxygen atoms in total. The van der Waals surface area contributed by atoms with Gasteiger partial charge in [-0.1, -0.05) is 30.5 Å². The number of rotatable bonds is 3. The van der Waals surface area contributed by atoms with Crippen molar-refractivity contribution in [2.24, 2.45) is 11.8 Å². The van der Waals surface area contributed by atoms with Gasteiger partial charge >= 0.3 is 0 Å². The first-order valence-electron chi connectivity index (χ1n) is 8.93. The Balaban J connectivity index is 1.57. The van der Waals surface area contributed by atoms with E-state index in [2.05, 4.69) is 11.4 Å². The van der Waals surface area contributed by atoms with Crippen molar-refractivity contribution in [3.63, 3.8) is 0 Å². The summed E-state index contributed by atoms with van der Waals surface area (Å²) in [7, 11) is 0. The van der Waals surface area contributed by atoms with Crippen LogP contribution in [0.2, 0.25) is 5.02 Å². The lowest BCUT2D eigenvalue weighted by Gasteiger charge is -2.38. The summed E-state index contributed by atoms with van der Waals surface area (Å²) in [5.41, 5.74) is 2.93. The monoisotopic (exact) mass is 335 g/mol. The Morgan fingerprint density at radius 1 is 1.22 bits per heavy atom. The molecule has 1 heterocycles. The number of hydrogen-bond donors (Lipinski definition) is 2. The van der Waals surface area contributed by atoms with E-state index in [1.807, 2.05) is 19.9 Å². The molecule has 1 aliphatic heterocycles. The average Bonchev–Trinajstić information content (AvgIpc) is 2.51. The molecule has 1 aliphatic carbocycles. The fourth-order valence-corrected chi connectivity index (χ4v) is 4.81. The third kappa shape index (κ3) is 4.07. The molecular weight excluding hydrogens is 308 g/mol. The van der Waals surface area contributed by atoms with Gasteiger partial charge in [0.15, 0.2) is 6.54 Å². The molecule has 2 fully saturated rings. The topological polar surface area (TPSA) is 33.5 Å². The molecule has 2 N–H and O–H groups in total. The van der Waals surface area contributed by atoms with Crippen LogP contribution >= 0.6 is 11.6 Å². The number of fused-ring (bicyclic) bond motifs is 1. The molecule has 1 unspecified atom stereocenters. The van der Waals surface area contributed by atoms with Crippen molar-refractivity contribution in [2.75, 3.05) is 25.0 Å². The molecule has 0 radical (unpaired) electrons. The van der Waals surface area contributed by atoms with Gasteiger partial charge in [-0.3, -0.25) is 4.79 Å². The van der Waals surface area contributed by atoms with Crippen molar-refractivity contribution in [1.82, 2.24) is 0 Å². The zero-order valence-corrected chi connectivity index (χ0v) is 15.0. The lowest BCUT2D eigenvalue weighted by atomic mass is 9.75. The minimum atomic E-state index is 0.0862. The van der Waals surface area contributed by atoms with Gasteiger partial charge in [-0.25, -0.2) is 0 Å². The third-order valence-corrected chi connectivity index (χ3v) is 5.89. The summed E-state index contributed by atoms with van der Waals surface area (Å²) in [5, 5.41) is 3.67. The third-order valence-electron chi connectivity index (χ3n) is 5.59. The highest BCUT2D eigenvalue weighted by Gasteiger charge is 2.34. The maximum Gasteiger partial charge on any atom is 0.279 e. The van der Waals surface area contributed by atoms with Gasteiger partial charge in [0, 0.05) is 5.92 Å². The predicted octanol–water partition coefficient (Wildman–Crippen LogP) is 2.99. The van der Waals surface area contributed by atoms with E-state index in [1.165, 1.54) is 43.5 Å². The maximum absolute atomic E-state index is 12.4. The van der Waals surface area contributed by atoms with E-state index >= 15 is 0 Å². The van der Waals surface area contributed by atoms with Crippen LogP contribution in [0.3, 0.4) is 0 Å². The van der Waals surface area contributed by atoms with Crippen LogP contribution < -0.4 is 10.2 Å². The molecular formula is C19H28ClN2O+. The van der Waals surface area contributed by atoms with Crippen LogP contribution in [0.15, 0.2) is 12.1 Å². The molecule has 1 amide bonds. The second-order valence-electron chi connectivity index (χ2n) is 7.46. The minimum Gasteiger partial charge on any atom is -0.327 e. The summed E-state index contributed by atoms with van der Waals surface area (Å²) < 4.78 is 0. The van der Waals surface area contributed by atoms with Crippen LogP contribution in [0.1, 0.15) is 43.2 Å². The quantitative estimate of drug-likeness (QED) is 0.874. The largest absolute Gasteiger partial charge is 0.327 e. The van der Waals surface area contributed by atoms with Gasteiger partial charge < -0.3 is 10.2 Å². The number of nitrogens with one attached hydrogen (secondary N) is 2. The summed E-state index contributed by atoms with van der Waals surface area (Å²) >= 11 is 6.29. The van der Waals surface area contributed by atoms with E-state index in [9.17, 15) is 4.79 Å². The van der Waals surface area contributed by atoms with Crippen LogP contribution in [0.4, 0.5) is 5.69 Å². The fraction of sp³-hybridized carbons (Fsp3) is 0.632. The maximum atomic E-state index is 12.4. The number of piperidine rings is 1. The molecule has 1 aromatic rings. The Bertz CT molecular complexity index is 564. The molecule has 1 aromatic carbocycles. The highest BCUT2D eigenvalue weighted by Crippen LogP contribution is 2.32. The summed E-state index contributed by atoms with van der Waals surface area (Å²) in [6.07, 6.45) is 6.83. The Kier molecular flexibility index (Phi) is 5.27. The standard InChI is InChI=1S/C19H27ClN2O/c1-13-9-14(2)19(17(20)10-13)21-18(23)12-22-8-7-15-5-3-4-6-16(15)11-22/h9-10,15-16H,3-8,11-12H2,1-2H3,(H,21,23)/p+1/t15-,16+/m0/s1. The van der Waals surface area contributed by atoms with Crippen LogP contribution in [0.5, 0.6) is 0 Å². The fourth-order valence-electron chi connectivity index (χ4n) is 4.44. The Morgan fingerprint density at radius 2 is 1.96 bits per heavy atom. The van der Waals surface area contributed by atoms with E-state index in [4.69, 9.17) is 11.6 Å². The summed E-state index contributed by atoms with van der Waals surface area (Å²) in [6, 6.07) is 3.96. The van der Waals surface area contributed by atoms with Crippen molar-refractivity contribution >= 4 is 23.2 Å². The van der Waals surface area contributed by atoms with Gasteiger partial charge in [0.1, 0.15) is 0 Å². The number of carbonyl (C=O) groups is 1. The van der Waals surface area contributed by atoms with Gasteiger partial charge in [0.2, 0.25) is 0 Å². The number of anilines is 1. The molecule has 1 saturated carbocycles. The van der Waals surface area contributed by atoms with Gasteiger partial charge in [0.25, 0.3) is 5.91 Å². The summed E-state index contributed by atoms with van der Waals surface area (Å²) in [5.74, 6) is 1.84. The van der Waals surface area contributed by atoms with Crippen molar-refractivity contribution in [3.8, 4) is 0 Å². The van der Waals surface area contributed by atoms with Crippen molar-refractivity contribution in [2.45, 2.75) is 46.0 Å². The first-order chi connectivity index (χ1) is 11.0. The lowest BCUT2D eigenvalue weighted by molar-refractivity contribution is -0.902. The number of amides is 1. The molecule has 3 atom stereocenters. The smallest absolute Gasteiger partial charge is 0.279 e. The van der Waals surface area contributed by atoms with E-state index < -0.39 is 0 Å². The molecule has 2 aliphatic rings. The Labute approximate surface area is 144 Å². The van der Waals surface area contributed by atoms with Crippen LogP contribution in [-0.2, 0) is 4.79 Å². The zero-order valence-electron chi connectivity index (χ0n) is 14.3. The van der Waals surface area contributed by atoms with E-state index in [0.717, 1.165) is 35.2 Å². The molecule has 0 aromatic heterocycles. The number of carbonyl (C=O) groups excluding carboxylic acids is 1. The molecule has 0 spiro atoms. The second kappa shape index (κ2) is 7.23. The number of aryl methyl sites for hydroxylation is 2. The Morgan fingerprint density at radius 3 is 2.70 bits per heavy atom. The molecule has 0 bridgehead atoms. The lowest BCUT2D eigenvalue weighted by Crippen LogP contribution is -3.15. The molecule has 1 saturated heterocycles. The number of halogens is 1.